The van der Waals surface area contributed by atoms with Crippen molar-refractivity contribution in [2.75, 3.05) is 26.7 Å². The Morgan fingerprint density at radius 1 is 1.08 bits per heavy atom. The average Bonchev–Trinajstić information content (AvgIpc) is 2.58. The molecule has 2 aromatic rings. The number of likely N-dealkylation sites (N-methyl/N-ethyl adjacent to an activating group) is 1. The van der Waals surface area contributed by atoms with Gasteiger partial charge in [-0.25, -0.2) is 12.8 Å². The van der Waals surface area contributed by atoms with E-state index in [4.69, 9.17) is 0 Å². The van der Waals surface area contributed by atoms with Crippen LogP contribution in [-0.2, 0) is 10.0 Å². The molecule has 2 aromatic carbocycles. The molecule has 1 atom stereocenters. The van der Waals surface area contributed by atoms with Crippen molar-refractivity contribution in [3.05, 3.63) is 65.5 Å². The van der Waals surface area contributed by atoms with Gasteiger partial charge in [-0.3, -0.25) is 4.90 Å². The smallest absolute Gasteiger partial charge is 0.243 e. The molecule has 6 heteroatoms. The number of hydrogen-bond donors (Lipinski definition) is 0. The summed E-state index contributed by atoms with van der Waals surface area (Å²) < 4.78 is 41.0. The highest BCUT2D eigenvalue weighted by atomic mass is 32.2. The third-order valence-corrected chi connectivity index (χ3v) is 6.57. The van der Waals surface area contributed by atoms with Gasteiger partial charge in [0.1, 0.15) is 5.82 Å². The van der Waals surface area contributed by atoms with E-state index in [2.05, 4.69) is 4.90 Å². The quantitative estimate of drug-likeness (QED) is 0.856. The van der Waals surface area contributed by atoms with Gasteiger partial charge in [-0.15, -0.1) is 0 Å². The first-order chi connectivity index (χ1) is 11.4. The van der Waals surface area contributed by atoms with Crippen LogP contribution in [-0.4, -0.2) is 44.3 Å². The minimum absolute atomic E-state index is 0.0106. The monoisotopic (exact) mass is 348 g/mol. The first kappa shape index (κ1) is 17.1. The zero-order chi connectivity index (χ0) is 17.3. The van der Waals surface area contributed by atoms with Gasteiger partial charge in [0, 0.05) is 25.7 Å². The molecule has 1 unspecified atom stereocenters. The molecule has 1 saturated heterocycles. The van der Waals surface area contributed by atoms with Gasteiger partial charge in [0.25, 0.3) is 0 Å². The van der Waals surface area contributed by atoms with Crippen LogP contribution in [0.2, 0.25) is 0 Å². The topological polar surface area (TPSA) is 40.6 Å². The molecule has 3 rings (SSSR count). The summed E-state index contributed by atoms with van der Waals surface area (Å²) in [7, 11) is -1.72. The summed E-state index contributed by atoms with van der Waals surface area (Å²) in [4.78, 5) is 2.21. The van der Waals surface area contributed by atoms with E-state index in [1.54, 1.807) is 6.92 Å². The number of hydrogen-bond acceptors (Lipinski definition) is 3. The standard InChI is InChI=1S/C18H21FN2O2S/c1-14-8-9-16(19)12-18(14)24(22,23)21-11-10-20(2)17(13-21)15-6-4-3-5-7-15/h3-9,12,17H,10-11,13H2,1-2H3. The average molecular weight is 348 g/mol. The van der Waals surface area contributed by atoms with Gasteiger partial charge in [-0.05, 0) is 37.2 Å². The summed E-state index contributed by atoms with van der Waals surface area (Å²) in [6.45, 7) is 3.08. The first-order valence-electron chi connectivity index (χ1n) is 7.91. The van der Waals surface area contributed by atoms with Crippen LogP contribution in [0.15, 0.2) is 53.4 Å². The van der Waals surface area contributed by atoms with Gasteiger partial charge in [-0.2, -0.15) is 4.31 Å². The Kier molecular flexibility index (Phi) is 4.71. The maximum atomic E-state index is 13.6. The maximum Gasteiger partial charge on any atom is 0.243 e. The lowest BCUT2D eigenvalue weighted by atomic mass is 10.0. The van der Waals surface area contributed by atoms with Crippen molar-refractivity contribution >= 4 is 10.0 Å². The molecule has 0 bridgehead atoms. The zero-order valence-corrected chi connectivity index (χ0v) is 14.6. The van der Waals surface area contributed by atoms with Crippen LogP contribution in [0.3, 0.4) is 0 Å². The number of benzene rings is 2. The highest BCUT2D eigenvalue weighted by molar-refractivity contribution is 7.89. The van der Waals surface area contributed by atoms with E-state index < -0.39 is 15.8 Å². The molecule has 0 radical (unpaired) electrons. The fourth-order valence-corrected chi connectivity index (χ4v) is 4.77. The van der Waals surface area contributed by atoms with E-state index >= 15 is 0 Å². The van der Waals surface area contributed by atoms with Crippen molar-refractivity contribution in [1.82, 2.24) is 9.21 Å². The Bertz CT molecular complexity index is 824. The molecule has 1 fully saturated rings. The Labute approximate surface area is 142 Å². The predicted octanol–water partition coefficient (Wildman–Crippen LogP) is 2.81. The zero-order valence-electron chi connectivity index (χ0n) is 13.8. The van der Waals surface area contributed by atoms with E-state index in [9.17, 15) is 12.8 Å². The molecule has 0 N–H and O–H groups in total. The molecule has 0 saturated carbocycles. The largest absolute Gasteiger partial charge is 0.297 e. The van der Waals surface area contributed by atoms with Crippen molar-refractivity contribution in [1.29, 1.82) is 0 Å². The van der Waals surface area contributed by atoms with Crippen LogP contribution >= 0.6 is 0 Å². The Hall–Kier alpha value is -1.76. The minimum Gasteiger partial charge on any atom is -0.297 e. The second-order valence-electron chi connectivity index (χ2n) is 6.18. The number of halogens is 1. The predicted molar refractivity (Wildman–Crippen MR) is 91.7 cm³/mol. The van der Waals surface area contributed by atoms with Crippen molar-refractivity contribution in [3.63, 3.8) is 0 Å². The fraction of sp³-hybridized carbons (Fsp3) is 0.333. The third kappa shape index (κ3) is 3.22. The normalized spacial score (nSPS) is 20.2. The molecule has 0 spiro atoms. The molecule has 128 valence electrons. The lowest BCUT2D eigenvalue weighted by Crippen LogP contribution is -2.49. The molecule has 1 aliphatic rings. The molecular weight excluding hydrogens is 327 g/mol. The third-order valence-electron chi connectivity index (χ3n) is 4.56. The summed E-state index contributed by atoms with van der Waals surface area (Å²) in [6.07, 6.45) is 0. The van der Waals surface area contributed by atoms with Gasteiger partial charge < -0.3 is 0 Å². The maximum absolute atomic E-state index is 13.6. The van der Waals surface area contributed by atoms with Crippen LogP contribution in [0.5, 0.6) is 0 Å². The lowest BCUT2D eigenvalue weighted by Gasteiger charge is -2.39. The van der Waals surface area contributed by atoms with E-state index in [0.29, 0.717) is 25.2 Å². The second-order valence-corrected chi connectivity index (χ2v) is 8.09. The van der Waals surface area contributed by atoms with Crippen LogP contribution in [0.4, 0.5) is 4.39 Å². The summed E-state index contributed by atoms with van der Waals surface area (Å²) in [5, 5.41) is 0. The number of nitrogens with zero attached hydrogens (tertiary/aromatic N) is 2. The van der Waals surface area contributed by atoms with Gasteiger partial charge in [0.05, 0.1) is 4.90 Å². The van der Waals surface area contributed by atoms with Crippen LogP contribution in [0, 0.1) is 12.7 Å². The van der Waals surface area contributed by atoms with Gasteiger partial charge in [0.2, 0.25) is 10.0 Å². The van der Waals surface area contributed by atoms with Crippen molar-refractivity contribution in [3.8, 4) is 0 Å². The molecule has 1 heterocycles. The van der Waals surface area contributed by atoms with Crippen molar-refractivity contribution < 1.29 is 12.8 Å². The highest BCUT2D eigenvalue weighted by Crippen LogP contribution is 2.29. The van der Waals surface area contributed by atoms with Crippen molar-refractivity contribution in [2.45, 2.75) is 17.9 Å². The molecule has 0 amide bonds. The first-order valence-corrected chi connectivity index (χ1v) is 9.35. The molecule has 0 aliphatic carbocycles. The molecule has 24 heavy (non-hydrogen) atoms. The summed E-state index contributed by atoms with van der Waals surface area (Å²) in [5.74, 6) is -0.534. The van der Waals surface area contributed by atoms with E-state index in [1.807, 2.05) is 37.4 Å². The van der Waals surface area contributed by atoms with Crippen LogP contribution in [0.1, 0.15) is 17.2 Å². The number of sulfonamides is 1. The number of piperazine rings is 1. The van der Waals surface area contributed by atoms with E-state index in [-0.39, 0.29) is 10.9 Å². The highest BCUT2D eigenvalue weighted by Gasteiger charge is 2.34. The van der Waals surface area contributed by atoms with Gasteiger partial charge in [0.15, 0.2) is 0 Å². The minimum atomic E-state index is -3.71. The molecular formula is C18H21FN2O2S. The summed E-state index contributed by atoms with van der Waals surface area (Å²) in [6, 6.07) is 13.7. The Morgan fingerprint density at radius 3 is 2.50 bits per heavy atom. The summed E-state index contributed by atoms with van der Waals surface area (Å²) in [5.41, 5.74) is 1.64. The van der Waals surface area contributed by atoms with E-state index in [0.717, 1.165) is 11.6 Å². The van der Waals surface area contributed by atoms with Gasteiger partial charge >= 0.3 is 0 Å². The van der Waals surface area contributed by atoms with Crippen LogP contribution in [0.25, 0.3) is 0 Å². The summed E-state index contributed by atoms with van der Waals surface area (Å²) >= 11 is 0. The number of rotatable bonds is 3. The lowest BCUT2D eigenvalue weighted by molar-refractivity contribution is 0.148. The van der Waals surface area contributed by atoms with E-state index in [1.165, 1.54) is 16.4 Å². The molecule has 1 aliphatic heterocycles. The SMILES string of the molecule is Cc1ccc(F)cc1S(=O)(=O)N1CCN(C)C(c2ccccc2)C1. The van der Waals surface area contributed by atoms with Crippen LogP contribution < -0.4 is 0 Å². The van der Waals surface area contributed by atoms with Gasteiger partial charge in [-0.1, -0.05) is 36.4 Å². The number of aryl methyl sites for hydroxylation is 1. The Morgan fingerprint density at radius 2 is 1.79 bits per heavy atom. The second kappa shape index (κ2) is 6.63. The Balaban J connectivity index is 1.93. The fourth-order valence-electron chi connectivity index (χ4n) is 3.09. The molecule has 0 aromatic heterocycles. The van der Waals surface area contributed by atoms with Crippen molar-refractivity contribution in [2.24, 2.45) is 0 Å². The molecule has 4 nitrogen and oxygen atoms in total.